The number of anilines is 1. The van der Waals surface area contributed by atoms with E-state index >= 15 is 0 Å². The summed E-state index contributed by atoms with van der Waals surface area (Å²) in [5.41, 5.74) is 7.67. The van der Waals surface area contributed by atoms with E-state index in [1.807, 2.05) is 13.2 Å². The minimum Gasteiger partial charge on any atom is -0.399 e. The highest BCUT2D eigenvalue weighted by atomic mass is 32.2. The summed E-state index contributed by atoms with van der Waals surface area (Å²) in [5.74, 6) is 0. The van der Waals surface area contributed by atoms with Crippen LogP contribution in [0.1, 0.15) is 18.1 Å². The first-order valence-corrected chi connectivity index (χ1v) is 9.02. The highest BCUT2D eigenvalue weighted by molar-refractivity contribution is 7.99. The van der Waals surface area contributed by atoms with Crippen LogP contribution in [-0.2, 0) is 10.0 Å². The Hall–Kier alpha value is -0.760. The van der Waals surface area contributed by atoms with Crippen LogP contribution in [0.15, 0.2) is 17.0 Å². The minimum absolute atomic E-state index is 0.0835. The number of nitrogens with two attached hydrogens (primary N) is 1. The number of aliphatic hydroxyl groups excluding tert-OH is 1. The zero-order valence-electron chi connectivity index (χ0n) is 12.2. The van der Waals surface area contributed by atoms with Crippen molar-refractivity contribution in [3.8, 4) is 0 Å². The maximum absolute atomic E-state index is 12.4. The summed E-state index contributed by atoms with van der Waals surface area (Å²) in [6, 6.07) is 2.84. The molecule has 1 aromatic rings. The molecule has 4 N–H and O–H groups in total. The molecule has 0 radical (unpaired) electrons. The van der Waals surface area contributed by atoms with E-state index in [1.54, 1.807) is 19.9 Å². The van der Waals surface area contributed by atoms with Gasteiger partial charge in [0.05, 0.1) is 11.5 Å². The Balaban J connectivity index is 3.12. The molecule has 0 saturated carbocycles. The van der Waals surface area contributed by atoms with Crippen LogP contribution < -0.4 is 10.5 Å². The van der Waals surface area contributed by atoms with Gasteiger partial charge in [-0.05, 0) is 50.3 Å². The fourth-order valence-electron chi connectivity index (χ4n) is 1.95. The lowest BCUT2D eigenvalue weighted by Gasteiger charge is -2.22. The van der Waals surface area contributed by atoms with Crippen molar-refractivity contribution in [3.63, 3.8) is 0 Å². The molecule has 114 valence electrons. The normalized spacial score (nSPS) is 15.1. The van der Waals surface area contributed by atoms with Crippen LogP contribution in [0.2, 0.25) is 0 Å². The Bertz CT molecular complexity index is 569. The molecule has 0 aliphatic carbocycles. The Morgan fingerprint density at radius 2 is 2.00 bits per heavy atom. The fourth-order valence-corrected chi connectivity index (χ4v) is 4.30. The molecule has 5 nitrogen and oxygen atoms in total. The zero-order valence-corrected chi connectivity index (χ0v) is 13.8. The first kappa shape index (κ1) is 17.3. The third-order valence-corrected chi connectivity index (χ3v) is 6.16. The van der Waals surface area contributed by atoms with Crippen molar-refractivity contribution < 1.29 is 13.5 Å². The highest BCUT2D eigenvalue weighted by Gasteiger charge is 2.24. The van der Waals surface area contributed by atoms with Crippen LogP contribution in [0, 0.1) is 13.8 Å². The second-order valence-corrected chi connectivity index (χ2v) is 7.59. The smallest absolute Gasteiger partial charge is 0.241 e. The molecule has 20 heavy (non-hydrogen) atoms. The van der Waals surface area contributed by atoms with E-state index in [9.17, 15) is 13.5 Å². The third-order valence-electron chi connectivity index (χ3n) is 3.31. The molecule has 0 heterocycles. The van der Waals surface area contributed by atoms with Gasteiger partial charge < -0.3 is 10.8 Å². The summed E-state index contributed by atoms with van der Waals surface area (Å²) < 4.78 is 27.5. The molecule has 1 aromatic carbocycles. The van der Waals surface area contributed by atoms with E-state index in [0.29, 0.717) is 11.3 Å². The number of hydrogen-bond donors (Lipinski definition) is 3. The van der Waals surface area contributed by atoms with Gasteiger partial charge in [-0.3, -0.25) is 0 Å². The van der Waals surface area contributed by atoms with Gasteiger partial charge in [0, 0.05) is 17.0 Å². The highest BCUT2D eigenvalue weighted by Crippen LogP contribution is 2.23. The first-order chi connectivity index (χ1) is 9.22. The van der Waals surface area contributed by atoms with Crippen molar-refractivity contribution in [2.24, 2.45) is 0 Å². The molecule has 2 atom stereocenters. The molecule has 0 saturated heterocycles. The molecule has 0 spiro atoms. The van der Waals surface area contributed by atoms with Gasteiger partial charge in [-0.15, -0.1) is 0 Å². The number of aryl methyl sites for hydroxylation is 1. The molecule has 0 amide bonds. The number of sulfonamides is 1. The fraction of sp³-hybridized carbons (Fsp3) is 0.538. The Labute approximate surface area is 125 Å². The van der Waals surface area contributed by atoms with E-state index in [2.05, 4.69) is 4.72 Å². The average molecular weight is 318 g/mol. The molecule has 0 aliphatic heterocycles. The monoisotopic (exact) mass is 318 g/mol. The maximum atomic E-state index is 12.4. The molecular weight excluding hydrogens is 296 g/mol. The van der Waals surface area contributed by atoms with Crippen LogP contribution >= 0.6 is 11.8 Å². The minimum atomic E-state index is -3.65. The van der Waals surface area contributed by atoms with Crippen molar-refractivity contribution in [2.75, 3.05) is 18.6 Å². The average Bonchev–Trinajstić information content (AvgIpc) is 2.34. The van der Waals surface area contributed by atoms with E-state index < -0.39 is 10.0 Å². The van der Waals surface area contributed by atoms with Crippen LogP contribution in [0.3, 0.4) is 0 Å². The molecule has 1 rings (SSSR count). The zero-order chi connectivity index (χ0) is 15.5. The predicted molar refractivity (Wildman–Crippen MR) is 84.5 cm³/mol. The molecule has 0 aliphatic rings. The number of nitrogen functional groups attached to an aromatic ring is 1. The van der Waals surface area contributed by atoms with Gasteiger partial charge in [0.25, 0.3) is 0 Å². The van der Waals surface area contributed by atoms with Gasteiger partial charge in [0.15, 0.2) is 0 Å². The standard InChI is InChI=1S/C13H22N2O3S2/c1-8-5-11(14)6-13(9(8)2)20(17,18)15-10(3)12(7-16)19-4/h5-6,10,12,15-16H,7,14H2,1-4H3. The maximum Gasteiger partial charge on any atom is 0.241 e. The lowest BCUT2D eigenvalue weighted by atomic mass is 10.1. The van der Waals surface area contributed by atoms with Gasteiger partial charge in [-0.25, -0.2) is 13.1 Å². The second-order valence-electron chi connectivity index (χ2n) is 4.83. The van der Waals surface area contributed by atoms with Crippen molar-refractivity contribution in [1.29, 1.82) is 0 Å². The van der Waals surface area contributed by atoms with Crippen LogP contribution in [-0.4, -0.2) is 37.7 Å². The SMILES string of the molecule is CSC(CO)C(C)NS(=O)(=O)c1cc(N)cc(C)c1C. The first-order valence-electron chi connectivity index (χ1n) is 6.25. The second kappa shape index (κ2) is 6.80. The van der Waals surface area contributed by atoms with Crippen LogP contribution in [0.4, 0.5) is 5.69 Å². The molecular formula is C13H22N2O3S2. The third kappa shape index (κ3) is 3.88. The predicted octanol–water partition coefficient (Wildman–Crippen LogP) is 1.28. The summed E-state index contributed by atoms with van der Waals surface area (Å²) in [5, 5.41) is 9.04. The largest absolute Gasteiger partial charge is 0.399 e. The Kier molecular flexibility index (Phi) is 5.88. The summed E-state index contributed by atoms with van der Waals surface area (Å²) in [6.45, 7) is 5.24. The number of hydrogen-bond acceptors (Lipinski definition) is 5. The van der Waals surface area contributed by atoms with Gasteiger partial charge in [0.2, 0.25) is 10.0 Å². The summed E-state index contributed by atoms with van der Waals surface area (Å²) in [7, 11) is -3.65. The van der Waals surface area contributed by atoms with Gasteiger partial charge in [0.1, 0.15) is 0 Å². The van der Waals surface area contributed by atoms with Crippen molar-refractivity contribution in [3.05, 3.63) is 23.3 Å². The van der Waals surface area contributed by atoms with E-state index in [0.717, 1.165) is 5.56 Å². The molecule has 0 bridgehead atoms. The number of aliphatic hydroxyl groups is 1. The van der Waals surface area contributed by atoms with Crippen molar-refractivity contribution in [1.82, 2.24) is 4.72 Å². The van der Waals surface area contributed by atoms with E-state index in [-0.39, 0.29) is 22.8 Å². The van der Waals surface area contributed by atoms with E-state index in [1.165, 1.54) is 17.8 Å². The summed E-state index contributed by atoms with van der Waals surface area (Å²) >= 11 is 1.42. The molecule has 0 fully saturated rings. The van der Waals surface area contributed by atoms with Gasteiger partial charge in [-0.2, -0.15) is 11.8 Å². The molecule has 2 unspecified atom stereocenters. The van der Waals surface area contributed by atoms with Gasteiger partial charge in [-0.1, -0.05) is 0 Å². The van der Waals surface area contributed by atoms with Crippen LogP contribution in [0.5, 0.6) is 0 Å². The Morgan fingerprint density at radius 3 is 2.50 bits per heavy atom. The molecule has 0 aromatic heterocycles. The molecule has 7 heteroatoms. The van der Waals surface area contributed by atoms with E-state index in [4.69, 9.17) is 5.73 Å². The summed E-state index contributed by atoms with van der Waals surface area (Å²) in [4.78, 5) is 0.194. The number of benzene rings is 1. The quantitative estimate of drug-likeness (QED) is 0.687. The number of rotatable bonds is 6. The topological polar surface area (TPSA) is 92.4 Å². The van der Waals surface area contributed by atoms with Crippen molar-refractivity contribution >= 4 is 27.5 Å². The summed E-state index contributed by atoms with van der Waals surface area (Å²) in [6.07, 6.45) is 1.83. The van der Waals surface area contributed by atoms with Gasteiger partial charge >= 0.3 is 0 Å². The van der Waals surface area contributed by atoms with Crippen LogP contribution in [0.25, 0.3) is 0 Å². The lowest BCUT2D eigenvalue weighted by Crippen LogP contribution is -2.41. The Morgan fingerprint density at radius 1 is 1.40 bits per heavy atom. The lowest BCUT2D eigenvalue weighted by molar-refractivity contribution is 0.282. The van der Waals surface area contributed by atoms with Crippen molar-refractivity contribution in [2.45, 2.75) is 37.0 Å². The number of nitrogens with one attached hydrogen (secondary N) is 1. The number of thioether (sulfide) groups is 1.